The number of hydrogen-bond donors (Lipinski definition) is 5. The smallest absolute Gasteiger partial charge is 0.249 e. The average molecular weight is 589 g/mol. The summed E-state index contributed by atoms with van der Waals surface area (Å²) in [6.45, 7) is 5.26. The maximum atomic E-state index is 13.4. The number of amides is 3. The molecule has 3 atom stereocenters. The monoisotopic (exact) mass is 588 g/mol. The van der Waals surface area contributed by atoms with Gasteiger partial charge in [-0.05, 0) is 60.5 Å². The van der Waals surface area contributed by atoms with Crippen LogP contribution in [0.15, 0.2) is 84.9 Å². The molecule has 0 aliphatic rings. The molecule has 3 aromatic carbocycles. The van der Waals surface area contributed by atoms with E-state index in [9.17, 15) is 19.5 Å². The van der Waals surface area contributed by atoms with Crippen LogP contribution in [0.2, 0.25) is 0 Å². The first-order valence-corrected chi connectivity index (χ1v) is 14.8. The lowest BCUT2D eigenvalue weighted by molar-refractivity contribution is -0.135. The van der Waals surface area contributed by atoms with Gasteiger partial charge in [-0.2, -0.15) is 0 Å². The largest absolute Gasteiger partial charge is 0.508 e. The molecule has 43 heavy (non-hydrogen) atoms. The van der Waals surface area contributed by atoms with E-state index in [0.717, 1.165) is 17.5 Å². The molecule has 1 unspecified atom stereocenters. The standard InChI is InChI=1S/C34H44N4O5/c1-24(2)21-30(36-19-17-25-9-5-3-6-10-25)33(41)38-34(42)31(22-26-13-15-28(39)16-14-26)37-32(40)29(35)18-20-43-23-27-11-7-4-8-12-27/h3-16,24,29-31,36,39H,17-23,35H2,1-2H3,(H,37,40)(H,38,41,42)/t29?,30-,31-/m0/s1. The highest BCUT2D eigenvalue weighted by molar-refractivity contribution is 6.01. The molecule has 3 amide bonds. The Balaban J connectivity index is 1.60. The fraction of sp³-hybridized carbons (Fsp3) is 0.382. The Morgan fingerprint density at radius 3 is 2.02 bits per heavy atom. The Bertz CT molecular complexity index is 1270. The van der Waals surface area contributed by atoms with Gasteiger partial charge in [-0.15, -0.1) is 0 Å². The van der Waals surface area contributed by atoms with Gasteiger partial charge in [0, 0.05) is 13.0 Å². The molecule has 3 rings (SSSR count). The molecule has 0 saturated carbocycles. The number of phenols is 1. The molecular weight excluding hydrogens is 544 g/mol. The van der Waals surface area contributed by atoms with Crippen LogP contribution in [0.5, 0.6) is 5.75 Å². The quantitative estimate of drug-likeness (QED) is 0.152. The third-order valence-corrected chi connectivity index (χ3v) is 6.95. The molecule has 0 bridgehead atoms. The number of aromatic hydroxyl groups is 1. The van der Waals surface area contributed by atoms with Crippen molar-refractivity contribution >= 4 is 17.7 Å². The third-order valence-electron chi connectivity index (χ3n) is 6.95. The van der Waals surface area contributed by atoms with E-state index in [1.165, 1.54) is 12.1 Å². The fourth-order valence-electron chi connectivity index (χ4n) is 4.55. The summed E-state index contributed by atoms with van der Waals surface area (Å²) in [6.07, 6.45) is 1.64. The zero-order valence-electron chi connectivity index (χ0n) is 25.0. The van der Waals surface area contributed by atoms with E-state index in [2.05, 4.69) is 16.0 Å². The minimum absolute atomic E-state index is 0.0830. The second-order valence-corrected chi connectivity index (χ2v) is 11.1. The number of nitrogens with two attached hydrogens (primary N) is 1. The van der Waals surface area contributed by atoms with Crippen LogP contribution in [-0.4, -0.2) is 54.1 Å². The molecule has 230 valence electrons. The molecule has 0 heterocycles. The number of benzene rings is 3. The van der Waals surface area contributed by atoms with Crippen molar-refractivity contribution in [1.82, 2.24) is 16.0 Å². The summed E-state index contributed by atoms with van der Waals surface area (Å²) in [5.74, 6) is -1.30. The second-order valence-electron chi connectivity index (χ2n) is 11.1. The summed E-state index contributed by atoms with van der Waals surface area (Å²) >= 11 is 0. The van der Waals surface area contributed by atoms with Crippen LogP contribution in [0.1, 0.15) is 43.4 Å². The van der Waals surface area contributed by atoms with E-state index in [4.69, 9.17) is 10.5 Å². The molecule has 9 nitrogen and oxygen atoms in total. The number of hydrogen-bond acceptors (Lipinski definition) is 7. The summed E-state index contributed by atoms with van der Waals surface area (Å²) in [6, 6.07) is 23.4. The summed E-state index contributed by atoms with van der Waals surface area (Å²) in [7, 11) is 0. The predicted octanol–water partition coefficient (Wildman–Crippen LogP) is 3.24. The number of phenolic OH excluding ortho intramolecular Hbond substituents is 1. The maximum Gasteiger partial charge on any atom is 0.249 e. The van der Waals surface area contributed by atoms with Crippen LogP contribution in [0.25, 0.3) is 0 Å². The van der Waals surface area contributed by atoms with Crippen molar-refractivity contribution in [2.24, 2.45) is 11.7 Å². The predicted molar refractivity (Wildman–Crippen MR) is 167 cm³/mol. The van der Waals surface area contributed by atoms with Gasteiger partial charge in [-0.1, -0.05) is 86.6 Å². The molecule has 0 saturated heterocycles. The molecule has 0 aromatic heterocycles. The Labute approximate surface area is 254 Å². The van der Waals surface area contributed by atoms with Crippen molar-refractivity contribution in [3.63, 3.8) is 0 Å². The van der Waals surface area contributed by atoms with Crippen LogP contribution in [0, 0.1) is 5.92 Å². The van der Waals surface area contributed by atoms with Crippen molar-refractivity contribution in [1.29, 1.82) is 0 Å². The highest BCUT2D eigenvalue weighted by atomic mass is 16.5. The molecule has 0 spiro atoms. The molecular formula is C34H44N4O5. The molecule has 3 aromatic rings. The summed E-state index contributed by atoms with van der Waals surface area (Å²) < 4.78 is 5.66. The number of imide groups is 1. The zero-order chi connectivity index (χ0) is 31.0. The van der Waals surface area contributed by atoms with Gasteiger partial charge in [0.2, 0.25) is 17.7 Å². The van der Waals surface area contributed by atoms with E-state index in [-0.39, 0.29) is 31.1 Å². The molecule has 0 aliphatic carbocycles. The van der Waals surface area contributed by atoms with Gasteiger partial charge >= 0.3 is 0 Å². The highest BCUT2D eigenvalue weighted by Gasteiger charge is 2.28. The van der Waals surface area contributed by atoms with Crippen molar-refractivity contribution in [3.05, 3.63) is 102 Å². The number of carbonyl (C=O) groups excluding carboxylic acids is 3. The third kappa shape index (κ3) is 12.4. The maximum absolute atomic E-state index is 13.4. The first kappa shape index (κ1) is 33.5. The van der Waals surface area contributed by atoms with E-state index >= 15 is 0 Å². The van der Waals surface area contributed by atoms with Gasteiger partial charge in [0.25, 0.3) is 0 Å². The first-order valence-electron chi connectivity index (χ1n) is 14.8. The highest BCUT2D eigenvalue weighted by Crippen LogP contribution is 2.12. The Kier molecular flexibility index (Phi) is 13.8. The lowest BCUT2D eigenvalue weighted by Gasteiger charge is -2.23. The number of nitrogens with one attached hydrogen (secondary N) is 3. The van der Waals surface area contributed by atoms with Crippen molar-refractivity contribution in [3.8, 4) is 5.75 Å². The zero-order valence-corrected chi connectivity index (χ0v) is 25.0. The molecule has 0 aliphatic heterocycles. The van der Waals surface area contributed by atoms with E-state index < -0.39 is 35.8 Å². The fourth-order valence-corrected chi connectivity index (χ4v) is 4.55. The van der Waals surface area contributed by atoms with Crippen LogP contribution >= 0.6 is 0 Å². The van der Waals surface area contributed by atoms with Crippen LogP contribution in [0.3, 0.4) is 0 Å². The minimum Gasteiger partial charge on any atom is -0.508 e. The van der Waals surface area contributed by atoms with Crippen molar-refractivity contribution in [2.45, 2.75) is 64.3 Å². The Morgan fingerprint density at radius 2 is 1.40 bits per heavy atom. The molecule has 0 radical (unpaired) electrons. The van der Waals surface area contributed by atoms with Crippen LogP contribution in [-0.2, 0) is 38.6 Å². The van der Waals surface area contributed by atoms with Gasteiger partial charge in [-0.3, -0.25) is 19.7 Å². The lowest BCUT2D eigenvalue weighted by atomic mass is 10.0. The van der Waals surface area contributed by atoms with Crippen molar-refractivity contribution < 1.29 is 24.2 Å². The van der Waals surface area contributed by atoms with Gasteiger partial charge in [-0.25, -0.2) is 0 Å². The van der Waals surface area contributed by atoms with Crippen LogP contribution in [0.4, 0.5) is 0 Å². The number of ether oxygens (including phenoxy) is 1. The van der Waals surface area contributed by atoms with E-state index in [1.807, 2.05) is 74.5 Å². The van der Waals surface area contributed by atoms with E-state index in [0.29, 0.717) is 25.1 Å². The summed E-state index contributed by atoms with van der Waals surface area (Å²) in [5.41, 5.74) is 8.99. The summed E-state index contributed by atoms with van der Waals surface area (Å²) in [4.78, 5) is 39.7. The molecule has 9 heteroatoms. The summed E-state index contributed by atoms with van der Waals surface area (Å²) in [5, 5.41) is 18.2. The SMILES string of the molecule is CC(C)C[C@H](NCCc1ccccc1)C(=O)NC(=O)[C@H](Cc1ccc(O)cc1)NC(=O)C(N)CCOCc1ccccc1. The number of carbonyl (C=O) groups is 3. The van der Waals surface area contributed by atoms with Gasteiger partial charge in [0.15, 0.2) is 0 Å². The van der Waals surface area contributed by atoms with Crippen LogP contribution < -0.4 is 21.7 Å². The Hall–Kier alpha value is -4.05. The van der Waals surface area contributed by atoms with Gasteiger partial charge < -0.3 is 26.2 Å². The normalized spacial score (nSPS) is 13.2. The van der Waals surface area contributed by atoms with E-state index in [1.54, 1.807) is 12.1 Å². The molecule has 0 fully saturated rings. The lowest BCUT2D eigenvalue weighted by Crippen LogP contribution is -2.56. The minimum atomic E-state index is -1.05. The average Bonchev–Trinajstić information content (AvgIpc) is 3.00. The van der Waals surface area contributed by atoms with Crippen molar-refractivity contribution in [2.75, 3.05) is 13.2 Å². The Morgan fingerprint density at radius 1 is 0.791 bits per heavy atom. The topological polar surface area (TPSA) is 143 Å². The van der Waals surface area contributed by atoms with Gasteiger partial charge in [0.05, 0.1) is 18.7 Å². The van der Waals surface area contributed by atoms with Gasteiger partial charge in [0.1, 0.15) is 11.8 Å². The molecule has 6 N–H and O–H groups in total. The first-order chi connectivity index (χ1) is 20.7. The second kappa shape index (κ2) is 17.8. The number of rotatable bonds is 17.